The SMILES string of the molecule is O=C(c1ccccc1)c1cc(Cl)ccc1C1=CC=CC1. The summed E-state index contributed by atoms with van der Waals surface area (Å²) in [6.07, 6.45) is 7.00. The molecule has 0 aliphatic heterocycles. The molecule has 0 saturated heterocycles. The molecule has 20 heavy (non-hydrogen) atoms. The number of hydrogen-bond acceptors (Lipinski definition) is 1. The summed E-state index contributed by atoms with van der Waals surface area (Å²) in [5, 5.41) is 0.583. The van der Waals surface area contributed by atoms with E-state index in [0.29, 0.717) is 16.1 Å². The van der Waals surface area contributed by atoms with Crippen LogP contribution in [-0.4, -0.2) is 5.78 Å². The monoisotopic (exact) mass is 280 g/mol. The third-order valence-electron chi connectivity index (χ3n) is 3.38. The number of hydrogen-bond donors (Lipinski definition) is 0. The predicted octanol–water partition coefficient (Wildman–Crippen LogP) is 4.91. The molecular formula is C18H13ClO. The van der Waals surface area contributed by atoms with Gasteiger partial charge in [0.15, 0.2) is 5.78 Å². The van der Waals surface area contributed by atoms with Gasteiger partial charge in [0, 0.05) is 16.1 Å². The highest BCUT2D eigenvalue weighted by Crippen LogP contribution is 2.29. The van der Waals surface area contributed by atoms with E-state index in [4.69, 9.17) is 11.6 Å². The van der Waals surface area contributed by atoms with Crippen molar-refractivity contribution in [1.82, 2.24) is 0 Å². The van der Waals surface area contributed by atoms with E-state index in [1.807, 2.05) is 54.6 Å². The number of ketones is 1. The lowest BCUT2D eigenvalue weighted by molar-refractivity contribution is 0.103. The van der Waals surface area contributed by atoms with E-state index in [9.17, 15) is 4.79 Å². The van der Waals surface area contributed by atoms with Gasteiger partial charge < -0.3 is 0 Å². The number of carbonyl (C=O) groups is 1. The van der Waals surface area contributed by atoms with Crippen LogP contribution in [0.4, 0.5) is 0 Å². The summed E-state index contributed by atoms with van der Waals surface area (Å²) in [4.78, 5) is 12.7. The maximum absolute atomic E-state index is 12.7. The molecule has 0 radical (unpaired) electrons. The smallest absolute Gasteiger partial charge is 0.193 e. The molecule has 0 fully saturated rings. The van der Waals surface area contributed by atoms with E-state index in [1.165, 1.54) is 0 Å². The molecule has 2 aromatic rings. The fourth-order valence-corrected chi connectivity index (χ4v) is 2.55. The number of benzene rings is 2. The van der Waals surface area contributed by atoms with Gasteiger partial charge in [0.25, 0.3) is 0 Å². The van der Waals surface area contributed by atoms with Crippen LogP contribution in [0.1, 0.15) is 27.9 Å². The lowest BCUT2D eigenvalue weighted by atomic mass is 9.93. The zero-order valence-electron chi connectivity index (χ0n) is 10.8. The van der Waals surface area contributed by atoms with E-state index in [-0.39, 0.29) is 5.78 Å². The first kappa shape index (κ1) is 12.9. The Bertz CT molecular complexity index is 711. The third-order valence-corrected chi connectivity index (χ3v) is 3.61. The maximum atomic E-state index is 12.7. The predicted molar refractivity (Wildman–Crippen MR) is 83.1 cm³/mol. The van der Waals surface area contributed by atoms with Gasteiger partial charge >= 0.3 is 0 Å². The Hall–Kier alpha value is -2.12. The van der Waals surface area contributed by atoms with E-state index in [2.05, 4.69) is 6.08 Å². The van der Waals surface area contributed by atoms with E-state index >= 15 is 0 Å². The Kier molecular flexibility index (Phi) is 3.53. The minimum atomic E-state index is 0.0101. The van der Waals surface area contributed by atoms with Gasteiger partial charge in [0.1, 0.15) is 0 Å². The molecule has 0 atom stereocenters. The van der Waals surface area contributed by atoms with Crippen molar-refractivity contribution in [2.75, 3.05) is 0 Å². The number of rotatable bonds is 3. The number of halogens is 1. The lowest BCUT2D eigenvalue weighted by Gasteiger charge is -2.10. The molecule has 98 valence electrons. The van der Waals surface area contributed by atoms with Crippen LogP contribution in [0.2, 0.25) is 5.02 Å². The maximum Gasteiger partial charge on any atom is 0.193 e. The zero-order chi connectivity index (χ0) is 13.9. The van der Waals surface area contributed by atoms with Crippen molar-refractivity contribution in [1.29, 1.82) is 0 Å². The second kappa shape index (κ2) is 5.48. The summed E-state index contributed by atoms with van der Waals surface area (Å²) >= 11 is 6.07. The van der Waals surface area contributed by atoms with Crippen LogP contribution in [0.25, 0.3) is 5.57 Å². The molecule has 1 aliphatic carbocycles. The number of carbonyl (C=O) groups excluding carboxylic acids is 1. The second-order valence-electron chi connectivity index (χ2n) is 4.71. The standard InChI is InChI=1S/C18H13ClO/c19-15-10-11-16(13-6-4-5-7-13)17(12-15)18(20)14-8-2-1-3-9-14/h1-6,8-12H,7H2. The van der Waals surface area contributed by atoms with Crippen molar-refractivity contribution in [2.24, 2.45) is 0 Å². The van der Waals surface area contributed by atoms with Crippen molar-refractivity contribution < 1.29 is 4.79 Å². The molecule has 0 N–H and O–H groups in total. The van der Waals surface area contributed by atoms with Gasteiger partial charge in [0.05, 0.1) is 0 Å². The summed E-state index contributed by atoms with van der Waals surface area (Å²) < 4.78 is 0. The van der Waals surface area contributed by atoms with Crippen molar-refractivity contribution in [3.05, 3.63) is 88.5 Å². The largest absolute Gasteiger partial charge is 0.289 e. The van der Waals surface area contributed by atoms with Gasteiger partial charge in [-0.05, 0) is 29.7 Å². The number of allylic oxidation sites excluding steroid dienone is 4. The molecule has 0 bridgehead atoms. The highest BCUT2D eigenvalue weighted by molar-refractivity contribution is 6.31. The average molecular weight is 281 g/mol. The zero-order valence-corrected chi connectivity index (χ0v) is 11.6. The molecule has 0 spiro atoms. The fraction of sp³-hybridized carbons (Fsp3) is 0.0556. The van der Waals surface area contributed by atoms with Gasteiger partial charge in [-0.2, -0.15) is 0 Å². The van der Waals surface area contributed by atoms with Crippen molar-refractivity contribution in [3.63, 3.8) is 0 Å². The first-order valence-electron chi connectivity index (χ1n) is 6.51. The summed E-state index contributed by atoms with van der Waals surface area (Å²) in [5.41, 5.74) is 3.47. The van der Waals surface area contributed by atoms with Crippen LogP contribution >= 0.6 is 11.6 Å². The Morgan fingerprint density at radius 1 is 1.05 bits per heavy atom. The van der Waals surface area contributed by atoms with Crippen molar-refractivity contribution >= 4 is 23.0 Å². The summed E-state index contributed by atoms with van der Waals surface area (Å²) in [5.74, 6) is 0.0101. The fourth-order valence-electron chi connectivity index (χ4n) is 2.38. The molecule has 1 nitrogen and oxygen atoms in total. The summed E-state index contributed by atoms with van der Waals surface area (Å²) in [7, 11) is 0. The topological polar surface area (TPSA) is 17.1 Å². The normalized spacial score (nSPS) is 13.3. The Balaban J connectivity index is 2.08. The van der Waals surface area contributed by atoms with E-state index in [0.717, 1.165) is 17.6 Å². The van der Waals surface area contributed by atoms with Crippen LogP contribution < -0.4 is 0 Å². The second-order valence-corrected chi connectivity index (χ2v) is 5.15. The quantitative estimate of drug-likeness (QED) is 0.730. The Labute approximate surface area is 123 Å². The molecule has 0 saturated carbocycles. The van der Waals surface area contributed by atoms with Crippen LogP contribution in [-0.2, 0) is 0 Å². The highest BCUT2D eigenvalue weighted by Gasteiger charge is 2.16. The van der Waals surface area contributed by atoms with E-state index < -0.39 is 0 Å². The first-order chi connectivity index (χ1) is 9.75. The molecule has 0 amide bonds. The van der Waals surface area contributed by atoms with Crippen LogP contribution in [0.5, 0.6) is 0 Å². The molecule has 0 aromatic heterocycles. The molecule has 2 aromatic carbocycles. The van der Waals surface area contributed by atoms with Gasteiger partial charge in [-0.3, -0.25) is 4.79 Å². The van der Waals surface area contributed by atoms with Gasteiger partial charge in [-0.25, -0.2) is 0 Å². The summed E-state index contributed by atoms with van der Waals surface area (Å²) in [6.45, 7) is 0. The van der Waals surface area contributed by atoms with Gasteiger partial charge in [0.2, 0.25) is 0 Å². The van der Waals surface area contributed by atoms with E-state index in [1.54, 1.807) is 6.07 Å². The Morgan fingerprint density at radius 2 is 1.85 bits per heavy atom. The average Bonchev–Trinajstić information content (AvgIpc) is 3.01. The molecule has 1 aliphatic rings. The molecule has 3 rings (SSSR count). The van der Waals surface area contributed by atoms with Gasteiger partial charge in [-0.15, -0.1) is 0 Å². The van der Waals surface area contributed by atoms with Crippen molar-refractivity contribution in [2.45, 2.75) is 6.42 Å². The summed E-state index contributed by atoms with van der Waals surface area (Å²) in [6, 6.07) is 14.8. The first-order valence-corrected chi connectivity index (χ1v) is 6.89. The molecular weight excluding hydrogens is 268 g/mol. The van der Waals surface area contributed by atoms with Crippen LogP contribution in [0.15, 0.2) is 66.8 Å². The minimum absolute atomic E-state index is 0.0101. The molecule has 2 heteroatoms. The Morgan fingerprint density at radius 3 is 2.55 bits per heavy atom. The third kappa shape index (κ3) is 2.45. The van der Waals surface area contributed by atoms with Crippen LogP contribution in [0, 0.1) is 0 Å². The van der Waals surface area contributed by atoms with Gasteiger partial charge in [-0.1, -0.05) is 66.2 Å². The lowest BCUT2D eigenvalue weighted by Crippen LogP contribution is -2.05. The van der Waals surface area contributed by atoms with Crippen LogP contribution in [0.3, 0.4) is 0 Å². The minimum Gasteiger partial charge on any atom is -0.289 e. The van der Waals surface area contributed by atoms with Crippen molar-refractivity contribution in [3.8, 4) is 0 Å². The molecule has 0 unspecified atom stereocenters. The molecule has 0 heterocycles. The highest BCUT2D eigenvalue weighted by atomic mass is 35.5.